The van der Waals surface area contributed by atoms with Gasteiger partial charge in [0.25, 0.3) is 5.91 Å². The number of hydrogen-bond donors (Lipinski definition) is 2. The van der Waals surface area contributed by atoms with Gasteiger partial charge >= 0.3 is 0 Å². The Balaban J connectivity index is 1.58. The minimum Gasteiger partial charge on any atom is -0.388 e. The second kappa shape index (κ2) is 7.40. The third-order valence-corrected chi connectivity index (χ3v) is 4.11. The van der Waals surface area contributed by atoms with Gasteiger partial charge in [0.15, 0.2) is 0 Å². The molecule has 128 valence electrons. The quantitative estimate of drug-likeness (QED) is 0.726. The van der Waals surface area contributed by atoms with Crippen molar-refractivity contribution in [3.63, 3.8) is 0 Å². The Labute approximate surface area is 146 Å². The maximum absolute atomic E-state index is 12.3. The van der Waals surface area contributed by atoms with Crippen LogP contribution in [0.2, 0.25) is 0 Å². The van der Waals surface area contributed by atoms with Gasteiger partial charge in [-0.25, -0.2) is 4.98 Å². The molecule has 0 saturated carbocycles. The van der Waals surface area contributed by atoms with Crippen LogP contribution in [0.4, 0.5) is 0 Å². The molecule has 0 radical (unpaired) electrons. The number of carbonyl (C=O) groups excluding carboxylic acids is 1. The van der Waals surface area contributed by atoms with E-state index in [4.69, 9.17) is 0 Å². The van der Waals surface area contributed by atoms with Crippen LogP contribution >= 0.6 is 0 Å². The van der Waals surface area contributed by atoms with Crippen molar-refractivity contribution in [2.75, 3.05) is 6.54 Å². The largest absolute Gasteiger partial charge is 0.388 e. The maximum Gasteiger partial charge on any atom is 0.271 e. The minimum atomic E-state index is -0.990. The van der Waals surface area contributed by atoms with Gasteiger partial charge in [0.05, 0.1) is 22.8 Å². The number of aliphatic hydroxyl groups is 1. The highest BCUT2D eigenvalue weighted by atomic mass is 16.3. The van der Waals surface area contributed by atoms with E-state index >= 15 is 0 Å². The molecule has 0 fully saturated rings. The molecule has 5 heteroatoms. The Morgan fingerprint density at radius 1 is 1.08 bits per heavy atom. The predicted octanol–water partition coefficient (Wildman–Crippen LogP) is 2.74. The molecular formula is C20H21N3O2. The van der Waals surface area contributed by atoms with E-state index < -0.39 is 5.60 Å². The zero-order valence-corrected chi connectivity index (χ0v) is 14.1. The van der Waals surface area contributed by atoms with Gasteiger partial charge in [-0.05, 0) is 37.5 Å². The summed E-state index contributed by atoms with van der Waals surface area (Å²) < 4.78 is 0. The monoisotopic (exact) mass is 335 g/mol. The van der Waals surface area contributed by atoms with Crippen LogP contribution in [0.15, 0.2) is 60.8 Å². The average molecular weight is 335 g/mol. The third kappa shape index (κ3) is 4.61. The average Bonchev–Trinajstić information content (AvgIpc) is 2.65. The fraction of sp³-hybridized carbons (Fsp3) is 0.250. The van der Waals surface area contributed by atoms with Gasteiger partial charge in [0.1, 0.15) is 5.69 Å². The van der Waals surface area contributed by atoms with Crippen molar-refractivity contribution in [1.82, 2.24) is 15.3 Å². The van der Waals surface area contributed by atoms with E-state index in [1.165, 1.54) is 6.20 Å². The van der Waals surface area contributed by atoms with Crippen molar-refractivity contribution >= 4 is 16.9 Å². The van der Waals surface area contributed by atoms with Crippen molar-refractivity contribution in [2.45, 2.75) is 25.4 Å². The molecule has 1 atom stereocenters. The second-order valence-electron chi connectivity index (χ2n) is 6.41. The summed E-state index contributed by atoms with van der Waals surface area (Å²) in [5.74, 6) is -0.335. The van der Waals surface area contributed by atoms with Gasteiger partial charge in [-0.3, -0.25) is 9.78 Å². The lowest BCUT2D eigenvalue weighted by molar-refractivity contribution is 0.0477. The molecule has 0 saturated heterocycles. The van der Waals surface area contributed by atoms with Gasteiger partial charge in [0, 0.05) is 6.54 Å². The number of nitrogens with one attached hydrogen (secondary N) is 1. The van der Waals surface area contributed by atoms with E-state index in [1.54, 1.807) is 6.92 Å². The number of aryl methyl sites for hydroxylation is 1. The Morgan fingerprint density at radius 3 is 2.52 bits per heavy atom. The molecule has 1 heterocycles. The molecule has 1 amide bonds. The lowest BCUT2D eigenvalue weighted by atomic mass is 9.97. The molecule has 0 bridgehead atoms. The molecular weight excluding hydrogens is 314 g/mol. The highest BCUT2D eigenvalue weighted by molar-refractivity contribution is 5.93. The molecule has 1 aromatic heterocycles. The minimum absolute atomic E-state index is 0.160. The van der Waals surface area contributed by atoms with Crippen LogP contribution in [0, 0.1) is 0 Å². The molecule has 0 spiro atoms. The molecule has 0 aliphatic carbocycles. The zero-order valence-electron chi connectivity index (χ0n) is 14.1. The topological polar surface area (TPSA) is 75.1 Å². The molecule has 0 aliphatic rings. The van der Waals surface area contributed by atoms with Crippen LogP contribution in [-0.4, -0.2) is 33.1 Å². The molecule has 1 unspecified atom stereocenters. The first-order valence-corrected chi connectivity index (χ1v) is 8.30. The molecule has 2 N–H and O–H groups in total. The zero-order chi connectivity index (χ0) is 17.7. The van der Waals surface area contributed by atoms with Gasteiger partial charge < -0.3 is 10.4 Å². The lowest BCUT2D eigenvalue weighted by Crippen LogP contribution is -2.41. The first-order chi connectivity index (χ1) is 12.0. The van der Waals surface area contributed by atoms with Crippen LogP contribution in [0.25, 0.3) is 11.0 Å². The Kier molecular flexibility index (Phi) is 5.05. The Bertz CT molecular complexity index is 863. The number of aromatic nitrogens is 2. The number of rotatable bonds is 6. The fourth-order valence-corrected chi connectivity index (χ4v) is 2.57. The fourth-order valence-electron chi connectivity index (χ4n) is 2.57. The van der Waals surface area contributed by atoms with E-state index in [0.717, 1.165) is 17.5 Å². The van der Waals surface area contributed by atoms with Crippen molar-refractivity contribution in [3.8, 4) is 0 Å². The van der Waals surface area contributed by atoms with Gasteiger partial charge in [0.2, 0.25) is 0 Å². The number of benzene rings is 2. The van der Waals surface area contributed by atoms with Gasteiger partial charge in [-0.2, -0.15) is 0 Å². The number of hydrogen-bond acceptors (Lipinski definition) is 4. The summed E-state index contributed by atoms with van der Waals surface area (Å²) in [7, 11) is 0. The normalized spacial score (nSPS) is 13.4. The summed E-state index contributed by atoms with van der Waals surface area (Å²) in [4.78, 5) is 20.8. The van der Waals surface area contributed by atoms with E-state index in [0.29, 0.717) is 11.9 Å². The molecule has 0 aliphatic heterocycles. The SMILES string of the molecule is CC(O)(CCc1ccccc1)CNC(=O)c1cnc2ccccc2n1. The van der Waals surface area contributed by atoms with Crippen LogP contribution in [-0.2, 0) is 6.42 Å². The van der Waals surface area contributed by atoms with Gasteiger partial charge in [-0.1, -0.05) is 42.5 Å². The lowest BCUT2D eigenvalue weighted by Gasteiger charge is -2.23. The highest BCUT2D eigenvalue weighted by Crippen LogP contribution is 2.14. The number of nitrogens with zero attached hydrogens (tertiary/aromatic N) is 2. The number of para-hydroxylation sites is 2. The highest BCUT2D eigenvalue weighted by Gasteiger charge is 2.22. The van der Waals surface area contributed by atoms with Crippen LogP contribution in [0.1, 0.15) is 29.4 Å². The predicted molar refractivity (Wildman–Crippen MR) is 97.3 cm³/mol. The molecule has 3 aromatic rings. The van der Waals surface area contributed by atoms with Crippen LogP contribution < -0.4 is 5.32 Å². The second-order valence-corrected chi connectivity index (χ2v) is 6.41. The van der Waals surface area contributed by atoms with Gasteiger partial charge in [-0.15, -0.1) is 0 Å². The summed E-state index contributed by atoms with van der Waals surface area (Å²) in [5.41, 5.74) is 1.84. The Morgan fingerprint density at radius 2 is 1.76 bits per heavy atom. The van der Waals surface area contributed by atoms with Crippen LogP contribution in [0.3, 0.4) is 0 Å². The van der Waals surface area contributed by atoms with Crippen molar-refractivity contribution in [2.24, 2.45) is 0 Å². The smallest absolute Gasteiger partial charge is 0.271 e. The summed E-state index contributed by atoms with van der Waals surface area (Å²) >= 11 is 0. The molecule has 25 heavy (non-hydrogen) atoms. The van der Waals surface area contributed by atoms with Crippen molar-refractivity contribution in [3.05, 3.63) is 72.1 Å². The summed E-state index contributed by atoms with van der Waals surface area (Å²) in [6.45, 7) is 1.88. The number of amides is 1. The number of fused-ring (bicyclic) bond motifs is 1. The first kappa shape index (κ1) is 17.0. The third-order valence-electron chi connectivity index (χ3n) is 4.11. The number of carbonyl (C=O) groups is 1. The standard InChI is InChI=1S/C20H21N3O2/c1-20(25,12-11-15-7-3-2-4-8-15)14-22-19(24)18-13-21-16-9-5-6-10-17(16)23-18/h2-10,13,25H,11-12,14H2,1H3,(H,22,24). The van der Waals surface area contributed by atoms with E-state index in [-0.39, 0.29) is 18.1 Å². The van der Waals surface area contributed by atoms with Crippen molar-refractivity contribution in [1.29, 1.82) is 0 Å². The summed E-state index contributed by atoms with van der Waals surface area (Å²) in [5, 5.41) is 13.2. The van der Waals surface area contributed by atoms with E-state index in [9.17, 15) is 9.90 Å². The summed E-state index contributed by atoms with van der Waals surface area (Å²) in [6.07, 6.45) is 2.76. The first-order valence-electron chi connectivity index (χ1n) is 8.30. The van der Waals surface area contributed by atoms with Crippen molar-refractivity contribution < 1.29 is 9.90 Å². The van der Waals surface area contributed by atoms with E-state index in [2.05, 4.69) is 15.3 Å². The maximum atomic E-state index is 12.3. The van der Waals surface area contributed by atoms with Crippen LogP contribution in [0.5, 0.6) is 0 Å². The summed E-state index contributed by atoms with van der Waals surface area (Å²) in [6, 6.07) is 17.4. The Hall–Kier alpha value is -2.79. The molecule has 2 aromatic carbocycles. The molecule has 5 nitrogen and oxygen atoms in total. The molecule has 3 rings (SSSR count). The van der Waals surface area contributed by atoms with E-state index in [1.807, 2.05) is 54.6 Å².